The SMILES string of the molecule is Cc1ccc(NCCOC(F)(F)F)cc1N(C)C. The van der Waals surface area contributed by atoms with Crippen LogP contribution in [0.25, 0.3) is 0 Å². The van der Waals surface area contributed by atoms with Crippen molar-refractivity contribution in [3.8, 4) is 0 Å². The predicted octanol–water partition coefficient (Wildman–Crippen LogP) is 3.01. The molecule has 0 aliphatic rings. The van der Waals surface area contributed by atoms with Crippen LogP contribution in [0.3, 0.4) is 0 Å². The van der Waals surface area contributed by atoms with E-state index >= 15 is 0 Å². The van der Waals surface area contributed by atoms with E-state index in [2.05, 4.69) is 10.1 Å². The van der Waals surface area contributed by atoms with E-state index in [0.717, 1.165) is 16.9 Å². The summed E-state index contributed by atoms with van der Waals surface area (Å²) in [7, 11) is 3.83. The average molecular weight is 262 g/mol. The molecule has 0 bridgehead atoms. The van der Waals surface area contributed by atoms with Crippen molar-refractivity contribution in [3.63, 3.8) is 0 Å². The Hall–Kier alpha value is -1.43. The van der Waals surface area contributed by atoms with Gasteiger partial charge in [0.1, 0.15) is 0 Å². The fourth-order valence-corrected chi connectivity index (χ4v) is 1.56. The van der Waals surface area contributed by atoms with Crippen molar-refractivity contribution in [2.75, 3.05) is 37.5 Å². The molecular formula is C12H17F3N2O. The molecule has 18 heavy (non-hydrogen) atoms. The molecule has 1 rings (SSSR count). The number of ether oxygens (including phenoxy) is 1. The summed E-state index contributed by atoms with van der Waals surface area (Å²) < 4.78 is 38.9. The first-order valence-corrected chi connectivity index (χ1v) is 5.52. The van der Waals surface area contributed by atoms with Crippen LogP contribution >= 0.6 is 0 Å². The molecule has 0 atom stereocenters. The zero-order chi connectivity index (χ0) is 13.8. The lowest BCUT2D eigenvalue weighted by molar-refractivity contribution is -0.322. The minimum absolute atomic E-state index is 0.107. The monoisotopic (exact) mass is 262 g/mol. The molecule has 1 N–H and O–H groups in total. The van der Waals surface area contributed by atoms with E-state index in [-0.39, 0.29) is 6.54 Å². The van der Waals surface area contributed by atoms with E-state index < -0.39 is 13.0 Å². The van der Waals surface area contributed by atoms with Gasteiger partial charge in [-0.3, -0.25) is 4.74 Å². The molecular weight excluding hydrogens is 245 g/mol. The Morgan fingerprint density at radius 2 is 1.94 bits per heavy atom. The number of aryl methyl sites for hydroxylation is 1. The minimum Gasteiger partial charge on any atom is -0.383 e. The number of halogens is 3. The van der Waals surface area contributed by atoms with Crippen molar-refractivity contribution in [1.82, 2.24) is 0 Å². The molecule has 0 heterocycles. The molecule has 1 aromatic rings. The highest BCUT2D eigenvalue weighted by Gasteiger charge is 2.28. The summed E-state index contributed by atoms with van der Waals surface area (Å²) in [5.41, 5.74) is 2.91. The van der Waals surface area contributed by atoms with Gasteiger partial charge >= 0.3 is 6.36 Å². The third-order valence-electron chi connectivity index (χ3n) is 2.39. The maximum Gasteiger partial charge on any atom is 0.522 e. The first kappa shape index (κ1) is 14.6. The number of anilines is 2. The van der Waals surface area contributed by atoms with E-state index in [9.17, 15) is 13.2 Å². The van der Waals surface area contributed by atoms with E-state index in [1.165, 1.54) is 0 Å². The van der Waals surface area contributed by atoms with Crippen LogP contribution in [0.4, 0.5) is 24.5 Å². The van der Waals surface area contributed by atoms with E-state index in [0.29, 0.717) is 0 Å². The van der Waals surface area contributed by atoms with Gasteiger partial charge < -0.3 is 10.2 Å². The minimum atomic E-state index is -4.57. The Morgan fingerprint density at radius 1 is 1.28 bits per heavy atom. The Bertz CT molecular complexity index is 391. The van der Waals surface area contributed by atoms with Crippen molar-refractivity contribution >= 4 is 11.4 Å². The molecule has 6 heteroatoms. The molecule has 0 aliphatic carbocycles. The molecule has 0 spiro atoms. The highest BCUT2D eigenvalue weighted by molar-refractivity contribution is 5.61. The van der Waals surface area contributed by atoms with Crippen LogP contribution < -0.4 is 10.2 Å². The molecule has 0 aromatic heterocycles. The first-order valence-electron chi connectivity index (χ1n) is 5.52. The maximum absolute atomic E-state index is 11.7. The molecule has 0 amide bonds. The second-order valence-electron chi connectivity index (χ2n) is 4.12. The summed E-state index contributed by atoms with van der Waals surface area (Å²) in [6.07, 6.45) is -4.57. The molecule has 102 valence electrons. The van der Waals surface area contributed by atoms with Gasteiger partial charge in [0, 0.05) is 32.0 Å². The lowest BCUT2D eigenvalue weighted by Gasteiger charge is -2.17. The van der Waals surface area contributed by atoms with Crippen molar-refractivity contribution in [2.45, 2.75) is 13.3 Å². The largest absolute Gasteiger partial charge is 0.522 e. The molecule has 0 fully saturated rings. The summed E-state index contributed by atoms with van der Waals surface area (Å²) in [5, 5.41) is 2.89. The van der Waals surface area contributed by atoms with Crippen LogP contribution in [0, 0.1) is 6.92 Å². The van der Waals surface area contributed by atoms with Gasteiger partial charge in [0.2, 0.25) is 0 Å². The Labute approximate surface area is 105 Å². The van der Waals surface area contributed by atoms with Gasteiger partial charge in [0.15, 0.2) is 0 Å². The second-order valence-corrected chi connectivity index (χ2v) is 4.12. The van der Waals surface area contributed by atoms with Crippen LogP contribution in [0.1, 0.15) is 5.56 Å². The smallest absolute Gasteiger partial charge is 0.383 e. The van der Waals surface area contributed by atoms with Gasteiger partial charge in [-0.15, -0.1) is 13.2 Å². The summed E-state index contributed by atoms with van der Waals surface area (Å²) in [6, 6.07) is 5.64. The quantitative estimate of drug-likeness (QED) is 0.825. The highest BCUT2D eigenvalue weighted by Crippen LogP contribution is 2.22. The fourth-order valence-electron chi connectivity index (χ4n) is 1.56. The van der Waals surface area contributed by atoms with E-state index in [4.69, 9.17) is 0 Å². The second kappa shape index (κ2) is 5.95. The number of nitrogens with zero attached hydrogens (tertiary/aromatic N) is 1. The Morgan fingerprint density at radius 3 is 2.50 bits per heavy atom. The zero-order valence-corrected chi connectivity index (χ0v) is 10.6. The average Bonchev–Trinajstić information content (AvgIpc) is 2.24. The lowest BCUT2D eigenvalue weighted by Crippen LogP contribution is -2.19. The molecule has 0 saturated heterocycles. The third kappa shape index (κ3) is 4.83. The third-order valence-corrected chi connectivity index (χ3v) is 2.39. The lowest BCUT2D eigenvalue weighted by atomic mass is 10.1. The van der Waals surface area contributed by atoms with Gasteiger partial charge in [-0.25, -0.2) is 0 Å². The molecule has 1 aromatic carbocycles. The number of rotatable bonds is 5. The Balaban J connectivity index is 2.51. The number of hydrogen-bond acceptors (Lipinski definition) is 3. The molecule has 0 radical (unpaired) electrons. The van der Waals surface area contributed by atoms with E-state index in [1.807, 2.05) is 44.1 Å². The molecule has 0 unspecified atom stereocenters. The van der Waals surface area contributed by atoms with Crippen molar-refractivity contribution < 1.29 is 17.9 Å². The normalized spacial score (nSPS) is 11.4. The Kier molecular flexibility index (Phi) is 4.84. The van der Waals surface area contributed by atoms with Gasteiger partial charge in [-0.2, -0.15) is 0 Å². The predicted molar refractivity (Wildman–Crippen MR) is 66.0 cm³/mol. The van der Waals surface area contributed by atoms with Crippen molar-refractivity contribution in [1.29, 1.82) is 0 Å². The fraction of sp³-hybridized carbons (Fsp3) is 0.500. The van der Waals surface area contributed by atoms with Crippen LogP contribution in [-0.4, -0.2) is 33.6 Å². The summed E-state index contributed by atoms with van der Waals surface area (Å²) >= 11 is 0. The van der Waals surface area contributed by atoms with Gasteiger partial charge in [-0.05, 0) is 24.6 Å². The number of hydrogen-bond donors (Lipinski definition) is 1. The number of benzene rings is 1. The van der Waals surface area contributed by atoms with Gasteiger partial charge in [-0.1, -0.05) is 6.07 Å². The molecule has 0 saturated carbocycles. The summed E-state index contributed by atoms with van der Waals surface area (Å²) in [4.78, 5) is 1.95. The van der Waals surface area contributed by atoms with Crippen LogP contribution in [0.15, 0.2) is 18.2 Å². The van der Waals surface area contributed by atoms with E-state index in [1.54, 1.807) is 0 Å². The first-order chi connectivity index (χ1) is 8.29. The van der Waals surface area contributed by atoms with Crippen molar-refractivity contribution in [2.24, 2.45) is 0 Å². The number of alkyl halides is 3. The summed E-state index contributed by atoms with van der Waals surface area (Å²) in [6.45, 7) is 1.68. The summed E-state index contributed by atoms with van der Waals surface area (Å²) in [5.74, 6) is 0. The standard InChI is InChI=1S/C12H17F3N2O/c1-9-4-5-10(8-11(9)17(2)3)16-6-7-18-12(13,14)15/h4-5,8,16H,6-7H2,1-3H3. The van der Waals surface area contributed by atoms with Gasteiger partial charge in [0.05, 0.1) is 6.61 Å². The zero-order valence-electron chi connectivity index (χ0n) is 10.6. The van der Waals surface area contributed by atoms with Crippen LogP contribution in [0.5, 0.6) is 0 Å². The highest BCUT2D eigenvalue weighted by atomic mass is 19.4. The topological polar surface area (TPSA) is 24.5 Å². The van der Waals surface area contributed by atoms with Gasteiger partial charge in [0.25, 0.3) is 0 Å². The van der Waals surface area contributed by atoms with Crippen LogP contribution in [0.2, 0.25) is 0 Å². The van der Waals surface area contributed by atoms with Crippen molar-refractivity contribution in [3.05, 3.63) is 23.8 Å². The van der Waals surface area contributed by atoms with Crippen LogP contribution in [-0.2, 0) is 4.74 Å². The number of nitrogens with one attached hydrogen (secondary N) is 1. The molecule has 0 aliphatic heterocycles. The molecule has 3 nitrogen and oxygen atoms in total. The maximum atomic E-state index is 11.7.